The van der Waals surface area contributed by atoms with E-state index < -0.39 is 6.17 Å². The molecule has 34 heavy (non-hydrogen) atoms. The number of likely N-dealkylation sites (tertiary alicyclic amines) is 1. The number of hydrogen-bond acceptors (Lipinski definition) is 4. The molecule has 0 spiro atoms. The van der Waals surface area contributed by atoms with Crippen LogP contribution in [-0.4, -0.2) is 39.3 Å². The summed E-state index contributed by atoms with van der Waals surface area (Å²) in [6.45, 7) is 2.22. The van der Waals surface area contributed by atoms with Crippen molar-refractivity contribution in [3.8, 4) is 11.1 Å². The van der Waals surface area contributed by atoms with Crippen molar-refractivity contribution >= 4 is 22.7 Å². The number of nitrogens with zero attached hydrogens (tertiary/aromatic N) is 2. The molecule has 172 valence electrons. The van der Waals surface area contributed by atoms with Gasteiger partial charge in [0.15, 0.2) is 0 Å². The third-order valence-electron chi connectivity index (χ3n) is 6.79. The predicted molar refractivity (Wildman–Crippen MR) is 133 cm³/mol. The van der Waals surface area contributed by atoms with Gasteiger partial charge in [-0.3, -0.25) is 14.8 Å². The fourth-order valence-corrected chi connectivity index (χ4v) is 5.02. The Balaban J connectivity index is 1.26. The average molecular weight is 456 g/mol. The van der Waals surface area contributed by atoms with Gasteiger partial charge in [0.1, 0.15) is 6.17 Å². The summed E-state index contributed by atoms with van der Waals surface area (Å²) in [5, 5.41) is 11.3. The van der Waals surface area contributed by atoms with E-state index in [4.69, 9.17) is 0 Å². The normalized spacial score (nSPS) is 20.3. The van der Waals surface area contributed by atoms with Gasteiger partial charge in [-0.2, -0.15) is 5.10 Å². The second kappa shape index (κ2) is 8.57. The van der Waals surface area contributed by atoms with E-state index in [9.17, 15) is 9.18 Å². The molecule has 1 fully saturated rings. The van der Waals surface area contributed by atoms with E-state index in [2.05, 4.69) is 55.7 Å². The first kappa shape index (κ1) is 20.9. The minimum atomic E-state index is -0.718. The summed E-state index contributed by atoms with van der Waals surface area (Å²) in [5.41, 5.74) is 6.67. The molecular formula is C27H26FN5O. The van der Waals surface area contributed by atoms with E-state index in [1.807, 2.05) is 30.5 Å². The van der Waals surface area contributed by atoms with Crippen molar-refractivity contribution in [1.29, 1.82) is 0 Å². The monoisotopic (exact) mass is 455 g/mol. The van der Waals surface area contributed by atoms with Crippen LogP contribution < -0.4 is 10.9 Å². The quantitative estimate of drug-likeness (QED) is 0.403. The molecule has 0 saturated carbocycles. The lowest BCUT2D eigenvalue weighted by Gasteiger charge is -2.29. The SMILES string of the molecule is O=c1[nH]c2ccc(-c3cn[nH]c3)cc2cc1C1C=Cc2cc(CN3CCCC(F)C3)ccc2N1. The highest BCUT2D eigenvalue weighted by Crippen LogP contribution is 2.31. The maximum atomic E-state index is 13.7. The maximum absolute atomic E-state index is 13.7. The molecule has 2 aromatic heterocycles. The number of halogens is 1. The first-order valence-corrected chi connectivity index (χ1v) is 11.7. The number of nitrogens with one attached hydrogen (secondary N) is 3. The molecule has 4 aromatic rings. The van der Waals surface area contributed by atoms with Crippen LogP contribution in [0.25, 0.3) is 28.1 Å². The summed E-state index contributed by atoms with van der Waals surface area (Å²) in [5.74, 6) is 0. The Morgan fingerprint density at radius 3 is 2.91 bits per heavy atom. The number of piperidine rings is 1. The molecular weight excluding hydrogens is 429 g/mol. The summed E-state index contributed by atoms with van der Waals surface area (Å²) in [7, 11) is 0. The Labute approximate surface area is 196 Å². The molecule has 6 nitrogen and oxygen atoms in total. The molecule has 0 radical (unpaired) electrons. The third-order valence-corrected chi connectivity index (χ3v) is 6.79. The Hall–Kier alpha value is -3.71. The van der Waals surface area contributed by atoms with Gasteiger partial charge >= 0.3 is 0 Å². The van der Waals surface area contributed by atoms with Gasteiger partial charge in [-0.1, -0.05) is 24.3 Å². The Morgan fingerprint density at radius 2 is 2.06 bits per heavy atom. The molecule has 2 atom stereocenters. The minimum Gasteiger partial charge on any atom is -0.374 e. The lowest BCUT2D eigenvalue weighted by atomic mass is 9.97. The van der Waals surface area contributed by atoms with E-state index >= 15 is 0 Å². The molecule has 2 unspecified atom stereocenters. The van der Waals surface area contributed by atoms with E-state index in [0.717, 1.165) is 52.8 Å². The molecule has 7 heteroatoms. The van der Waals surface area contributed by atoms with Gasteiger partial charge in [0.25, 0.3) is 5.56 Å². The summed E-state index contributed by atoms with van der Waals surface area (Å²) in [6, 6.07) is 14.0. The topological polar surface area (TPSA) is 76.8 Å². The van der Waals surface area contributed by atoms with Crippen molar-refractivity contribution in [2.45, 2.75) is 31.6 Å². The second-order valence-corrected chi connectivity index (χ2v) is 9.22. The zero-order valence-corrected chi connectivity index (χ0v) is 18.7. The summed E-state index contributed by atoms with van der Waals surface area (Å²) in [6.07, 6.45) is 8.61. The first-order chi connectivity index (χ1) is 16.6. The van der Waals surface area contributed by atoms with E-state index in [1.165, 1.54) is 5.56 Å². The van der Waals surface area contributed by atoms with Crippen molar-refractivity contribution < 1.29 is 4.39 Å². The Bertz CT molecular complexity index is 1420. The van der Waals surface area contributed by atoms with Crippen LogP contribution in [0, 0.1) is 0 Å². The maximum Gasteiger partial charge on any atom is 0.254 e. The number of pyridine rings is 1. The number of anilines is 1. The van der Waals surface area contributed by atoms with Crippen molar-refractivity contribution in [2.75, 3.05) is 18.4 Å². The Kier molecular flexibility index (Phi) is 5.26. The molecule has 0 amide bonds. The lowest BCUT2D eigenvalue weighted by molar-refractivity contribution is 0.133. The van der Waals surface area contributed by atoms with E-state index in [1.54, 1.807) is 6.20 Å². The van der Waals surface area contributed by atoms with Crippen LogP contribution in [-0.2, 0) is 6.54 Å². The van der Waals surface area contributed by atoms with Crippen molar-refractivity contribution in [3.05, 3.63) is 88.0 Å². The number of hydrogen-bond donors (Lipinski definition) is 3. The van der Waals surface area contributed by atoms with Gasteiger partial charge in [0.05, 0.1) is 12.2 Å². The molecule has 2 aliphatic rings. The predicted octanol–water partition coefficient (Wildman–Crippen LogP) is 5.03. The molecule has 2 aliphatic heterocycles. The van der Waals surface area contributed by atoms with Crippen molar-refractivity contribution in [1.82, 2.24) is 20.1 Å². The number of aromatic amines is 2. The van der Waals surface area contributed by atoms with Crippen LogP contribution in [0.4, 0.5) is 10.1 Å². The highest BCUT2D eigenvalue weighted by molar-refractivity contribution is 5.85. The van der Waals surface area contributed by atoms with Gasteiger partial charge < -0.3 is 10.3 Å². The van der Waals surface area contributed by atoms with Gasteiger partial charge in [-0.15, -0.1) is 0 Å². The fraction of sp³-hybridized carbons (Fsp3) is 0.259. The minimum absolute atomic E-state index is 0.100. The number of benzene rings is 2. The average Bonchev–Trinajstić information content (AvgIpc) is 3.38. The number of H-pyrrole nitrogens is 2. The molecule has 1 saturated heterocycles. The van der Waals surface area contributed by atoms with Crippen LogP contribution in [0.15, 0.2) is 65.7 Å². The summed E-state index contributed by atoms with van der Waals surface area (Å²) in [4.78, 5) is 18.1. The molecule has 2 aromatic carbocycles. The number of alkyl halides is 1. The zero-order chi connectivity index (χ0) is 23.1. The third kappa shape index (κ3) is 4.03. The molecule has 0 bridgehead atoms. The van der Waals surface area contributed by atoms with Gasteiger partial charge in [-0.25, -0.2) is 4.39 Å². The largest absolute Gasteiger partial charge is 0.374 e. The second-order valence-electron chi connectivity index (χ2n) is 9.22. The molecule has 4 heterocycles. The molecule has 6 rings (SSSR count). The van der Waals surface area contributed by atoms with Gasteiger partial charge in [0.2, 0.25) is 0 Å². The van der Waals surface area contributed by atoms with Crippen molar-refractivity contribution in [2.24, 2.45) is 0 Å². The van der Waals surface area contributed by atoms with Crippen LogP contribution >= 0.6 is 0 Å². The van der Waals surface area contributed by atoms with Crippen LogP contribution in [0.3, 0.4) is 0 Å². The van der Waals surface area contributed by atoms with Crippen molar-refractivity contribution in [3.63, 3.8) is 0 Å². The number of aromatic nitrogens is 3. The number of fused-ring (bicyclic) bond motifs is 2. The van der Waals surface area contributed by atoms with E-state index in [-0.39, 0.29) is 11.6 Å². The van der Waals surface area contributed by atoms with E-state index in [0.29, 0.717) is 18.5 Å². The highest BCUT2D eigenvalue weighted by Gasteiger charge is 2.21. The Morgan fingerprint density at radius 1 is 1.12 bits per heavy atom. The van der Waals surface area contributed by atoms with Crippen LogP contribution in [0.2, 0.25) is 0 Å². The summed E-state index contributed by atoms with van der Waals surface area (Å²) < 4.78 is 13.7. The standard InChI is InChI=1S/C27H26FN5O/c28-22-2-1-9-33(16-22)15-17-3-6-24-19(10-17)5-8-26(31-24)23-12-20-11-18(21-13-29-30-14-21)4-7-25(20)32-27(23)34/h3-8,10-14,22,26,31H,1-2,9,15-16H2,(H,29,30)(H,32,34). The van der Waals surface area contributed by atoms with Gasteiger partial charge in [0, 0.05) is 41.6 Å². The summed E-state index contributed by atoms with van der Waals surface area (Å²) >= 11 is 0. The smallest absolute Gasteiger partial charge is 0.254 e. The fourth-order valence-electron chi connectivity index (χ4n) is 5.02. The number of rotatable bonds is 4. The molecule has 3 N–H and O–H groups in total. The van der Waals surface area contributed by atoms with Gasteiger partial charge in [-0.05, 0) is 71.8 Å². The highest BCUT2D eigenvalue weighted by atomic mass is 19.1. The zero-order valence-electron chi connectivity index (χ0n) is 18.7. The lowest BCUT2D eigenvalue weighted by Crippen LogP contribution is -2.35. The molecule has 0 aliphatic carbocycles. The van der Waals surface area contributed by atoms with Crippen LogP contribution in [0.1, 0.15) is 35.6 Å². The van der Waals surface area contributed by atoms with Crippen LogP contribution in [0.5, 0.6) is 0 Å². The first-order valence-electron chi connectivity index (χ1n) is 11.7.